The van der Waals surface area contributed by atoms with Crippen molar-refractivity contribution in [2.24, 2.45) is 0 Å². The normalized spacial score (nSPS) is 12.3. The van der Waals surface area contributed by atoms with E-state index in [9.17, 15) is 4.79 Å². The number of anilines is 1. The van der Waals surface area contributed by atoms with E-state index in [1.165, 1.54) is 5.56 Å². The zero-order valence-corrected chi connectivity index (χ0v) is 15.3. The summed E-state index contributed by atoms with van der Waals surface area (Å²) >= 11 is 1.59. The fraction of sp³-hybridized carbons (Fsp3) is 0.350. The number of hydrogen-bond donors (Lipinski definition) is 1. The highest BCUT2D eigenvalue weighted by Gasteiger charge is 2.16. The maximum absolute atomic E-state index is 12.5. The van der Waals surface area contributed by atoms with Gasteiger partial charge in [0.05, 0.1) is 5.25 Å². The summed E-state index contributed by atoms with van der Waals surface area (Å²) in [5, 5.41) is 2.93. The van der Waals surface area contributed by atoms with E-state index in [1.807, 2.05) is 39.0 Å². The van der Waals surface area contributed by atoms with E-state index in [4.69, 9.17) is 0 Å². The first-order valence-electron chi connectivity index (χ1n) is 8.02. The Morgan fingerprint density at radius 1 is 0.957 bits per heavy atom. The number of carbonyl (C=O) groups excluding carboxylic acids is 1. The molecule has 2 rings (SSSR count). The summed E-state index contributed by atoms with van der Waals surface area (Å²) in [5.74, 6) is 0.569. The third-order valence-electron chi connectivity index (χ3n) is 3.96. The zero-order valence-electron chi connectivity index (χ0n) is 14.5. The van der Waals surface area contributed by atoms with E-state index in [1.54, 1.807) is 11.8 Å². The molecule has 1 amide bonds. The largest absolute Gasteiger partial charge is 0.325 e. The lowest BCUT2D eigenvalue weighted by atomic mass is 10.0. The molecule has 1 atom stereocenters. The molecule has 2 aromatic carbocycles. The van der Waals surface area contributed by atoms with Gasteiger partial charge >= 0.3 is 0 Å². The van der Waals surface area contributed by atoms with Crippen molar-refractivity contribution in [2.75, 3.05) is 5.32 Å². The number of hydrogen-bond acceptors (Lipinski definition) is 2. The summed E-state index contributed by atoms with van der Waals surface area (Å²) in [6.07, 6.45) is 0. The first-order valence-corrected chi connectivity index (χ1v) is 8.90. The van der Waals surface area contributed by atoms with Crippen molar-refractivity contribution in [2.45, 2.75) is 50.7 Å². The second-order valence-electron chi connectivity index (χ2n) is 6.24. The van der Waals surface area contributed by atoms with Gasteiger partial charge in [-0.05, 0) is 55.5 Å². The van der Waals surface area contributed by atoms with Crippen LogP contribution in [0.2, 0.25) is 0 Å². The minimum atomic E-state index is -0.140. The van der Waals surface area contributed by atoms with Crippen molar-refractivity contribution < 1.29 is 4.79 Å². The number of benzene rings is 2. The Bertz CT molecular complexity index is 656. The molecular weight excluding hydrogens is 302 g/mol. The summed E-state index contributed by atoms with van der Waals surface area (Å²) in [7, 11) is 0. The molecule has 0 aliphatic rings. The van der Waals surface area contributed by atoms with Crippen molar-refractivity contribution in [3.8, 4) is 0 Å². The van der Waals surface area contributed by atoms with Crippen LogP contribution < -0.4 is 5.32 Å². The van der Waals surface area contributed by atoms with Crippen LogP contribution in [0.3, 0.4) is 0 Å². The molecule has 122 valence electrons. The topological polar surface area (TPSA) is 29.1 Å². The lowest BCUT2D eigenvalue weighted by Gasteiger charge is -2.15. The highest BCUT2D eigenvalue weighted by molar-refractivity contribution is 8.00. The first kappa shape index (κ1) is 17.6. The van der Waals surface area contributed by atoms with Crippen molar-refractivity contribution >= 4 is 23.4 Å². The number of aryl methyl sites for hydroxylation is 2. The van der Waals surface area contributed by atoms with Gasteiger partial charge in [0, 0.05) is 10.6 Å². The molecule has 1 unspecified atom stereocenters. The summed E-state index contributed by atoms with van der Waals surface area (Å²) in [4.78, 5) is 13.6. The molecule has 1 N–H and O–H groups in total. The standard InChI is InChI=1S/C20H25NOS/c1-13(2)17-9-11-18(12-10-17)23-16(5)20(22)21-19-14(3)7-6-8-15(19)4/h6-13,16H,1-5H3,(H,21,22). The lowest BCUT2D eigenvalue weighted by Crippen LogP contribution is -2.23. The average Bonchev–Trinajstić information content (AvgIpc) is 2.51. The van der Waals surface area contributed by atoms with Crippen LogP contribution in [0.25, 0.3) is 0 Å². The number of rotatable bonds is 5. The van der Waals surface area contributed by atoms with Gasteiger partial charge in [-0.1, -0.05) is 44.2 Å². The minimum absolute atomic E-state index is 0.0420. The zero-order chi connectivity index (χ0) is 17.0. The van der Waals surface area contributed by atoms with Gasteiger partial charge in [0.15, 0.2) is 0 Å². The molecule has 0 spiro atoms. The molecule has 0 saturated carbocycles. The van der Waals surface area contributed by atoms with E-state index in [0.717, 1.165) is 21.7 Å². The smallest absolute Gasteiger partial charge is 0.237 e. The fourth-order valence-corrected chi connectivity index (χ4v) is 3.29. The molecule has 0 bridgehead atoms. The van der Waals surface area contributed by atoms with E-state index in [2.05, 4.69) is 43.4 Å². The first-order chi connectivity index (χ1) is 10.9. The molecule has 0 aromatic heterocycles. The van der Waals surface area contributed by atoms with Crippen molar-refractivity contribution in [3.63, 3.8) is 0 Å². The Kier molecular flexibility index (Phi) is 5.89. The third kappa shape index (κ3) is 4.61. The lowest BCUT2D eigenvalue weighted by molar-refractivity contribution is -0.115. The second kappa shape index (κ2) is 7.69. The van der Waals surface area contributed by atoms with Crippen molar-refractivity contribution in [3.05, 3.63) is 59.2 Å². The van der Waals surface area contributed by atoms with Crippen LogP contribution >= 0.6 is 11.8 Å². The van der Waals surface area contributed by atoms with Gasteiger partial charge in [-0.3, -0.25) is 4.79 Å². The molecule has 0 fully saturated rings. The van der Waals surface area contributed by atoms with Crippen LogP contribution in [0.15, 0.2) is 47.4 Å². The van der Waals surface area contributed by atoms with Gasteiger partial charge in [-0.15, -0.1) is 11.8 Å². The fourth-order valence-electron chi connectivity index (χ4n) is 2.43. The third-order valence-corrected chi connectivity index (χ3v) is 5.07. The molecule has 2 nitrogen and oxygen atoms in total. The Labute approximate surface area is 143 Å². The highest BCUT2D eigenvalue weighted by Crippen LogP contribution is 2.27. The maximum Gasteiger partial charge on any atom is 0.237 e. The van der Waals surface area contributed by atoms with Gasteiger partial charge in [0.1, 0.15) is 0 Å². The summed E-state index contributed by atoms with van der Waals surface area (Å²) in [5.41, 5.74) is 4.44. The molecular formula is C20H25NOS. The molecule has 2 aromatic rings. The number of amides is 1. The van der Waals surface area contributed by atoms with Crippen LogP contribution in [0.5, 0.6) is 0 Å². The molecule has 0 saturated heterocycles. The number of carbonyl (C=O) groups is 1. The average molecular weight is 327 g/mol. The Balaban J connectivity index is 2.02. The summed E-state index contributed by atoms with van der Waals surface area (Å²) < 4.78 is 0. The van der Waals surface area contributed by atoms with Crippen molar-refractivity contribution in [1.82, 2.24) is 0 Å². The van der Waals surface area contributed by atoms with Gasteiger partial charge < -0.3 is 5.32 Å². The van der Waals surface area contributed by atoms with Crippen molar-refractivity contribution in [1.29, 1.82) is 0 Å². The van der Waals surface area contributed by atoms with Crippen LogP contribution in [-0.4, -0.2) is 11.2 Å². The Morgan fingerprint density at radius 3 is 2.04 bits per heavy atom. The van der Waals surface area contributed by atoms with Crippen LogP contribution in [-0.2, 0) is 4.79 Å². The minimum Gasteiger partial charge on any atom is -0.325 e. The SMILES string of the molecule is Cc1cccc(C)c1NC(=O)C(C)Sc1ccc(C(C)C)cc1. The number of thioether (sulfide) groups is 1. The molecule has 0 aliphatic carbocycles. The van der Waals surface area contributed by atoms with Crippen LogP contribution in [0, 0.1) is 13.8 Å². The van der Waals surface area contributed by atoms with Crippen LogP contribution in [0.1, 0.15) is 43.4 Å². The van der Waals surface area contributed by atoms with E-state index >= 15 is 0 Å². The van der Waals surface area contributed by atoms with Crippen LogP contribution in [0.4, 0.5) is 5.69 Å². The summed E-state index contributed by atoms with van der Waals surface area (Å²) in [6.45, 7) is 10.4. The van der Waals surface area contributed by atoms with Gasteiger partial charge in [-0.2, -0.15) is 0 Å². The maximum atomic E-state index is 12.5. The van der Waals surface area contributed by atoms with E-state index < -0.39 is 0 Å². The molecule has 0 heterocycles. The second-order valence-corrected chi connectivity index (χ2v) is 7.65. The quantitative estimate of drug-likeness (QED) is 0.730. The molecule has 3 heteroatoms. The Morgan fingerprint density at radius 2 is 1.52 bits per heavy atom. The molecule has 0 aliphatic heterocycles. The predicted molar refractivity (Wildman–Crippen MR) is 100 cm³/mol. The van der Waals surface area contributed by atoms with Gasteiger partial charge in [0.25, 0.3) is 0 Å². The van der Waals surface area contributed by atoms with Gasteiger partial charge in [-0.25, -0.2) is 0 Å². The summed E-state index contributed by atoms with van der Waals surface area (Å²) in [6, 6.07) is 14.5. The molecule has 0 radical (unpaired) electrons. The number of nitrogens with one attached hydrogen (secondary N) is 1. The number of para-hydroxylation sites is 1. The van der Waals surface area contributed by atoms with E-state index in [0.29, 0.717) is 5.92 Å². The predicted octanol–water partition coefficient (Wildman–Crippen LogP) is 5.55. The van der Waals surface area contributed by atoms with Gasteiger partial charge in [0.2, 0.25) is 5.91 Å². The molecule has 23 heavy (non-hydrogen) atoms. The Hall–Kier alpha value is -1.74. The monoisotopic (exact) mass is 327 g/mol. The van der Waals surface area contributed by atoms with E-state index in [-0.39, 0.29) is 11.2 Å². The highest BCUT2D eigenvalue weighted by atomic mass is 32.2.